The fourth-order valence-electron chi connectivity index (χ4n) is 1.48. The van der Waals surface area contributed by atoms with Crippen LogP contribution < -0.4 is 5.32 Å². The van der Waals surface area contributed by atoms with Crippen molar-refractivity contribution in [3.63, 3.8) is 0 Å². The predicted molar refractivity (Wildman–Crippen MR) is 54.3 cm³/mol. The van der Waals surface area contributed by atoms with Gasteiger partial charge < -0.3 is 5.32 Å². The van der Waals surface area contributed by atoms with E-state index in [1.165, 1.54) is 45.2 Å². The Labute approximate surface area is 76.9 Å². The molecule has 72 valence electrons. The number of hydrogen-bond donors (Lipinski definition) is 1. The van der Waals surface area contributed by atoms with Crippen LogP contribution in [-0.4, -0.2) is 13.1 Å². The van der Waals surface area contributed by atoms with Crippen LogP contribution in [0.25, 0.3) is 0 Å². The molecule has 12 heavy (non-hydrogen) atoms. The maximum Gasteiger partial charge on any atom is -0.00258 e. The molecule has 1 N–H and O–H groups in total. The Hall–Kier alpha value is -0.0400. The Balaban J connectivity index is 1.70. The molecule has 0 aliphatic heterocycles. The van der Waals surface area contributed by atoms with E-state index >= 15 is 0 Å². The lowest BCUT2D eigenvalue weighted by molar-refractivity contribution is 0.523. The molecule has 1 fully saturated rings. The van der Waals surface area contributed by atoms with Gasteiger partial charge in [0.1, 0.15) is 0 Å². The van der Waals surface area contributed by atoms with E-state index in [9.17, 15) is 0 Å². The fraction of sp³-hybridized carbons (Fsp3) is 1.00. The molecule has 0 aromatic carbocycles. The van der Waals surface area contributed by atoms with E-state index in [0.717, 1.165) is 11.8 Å². The molecule has 0 amide bonds. The first kappa shape index (κ1) is 10.0. The van der Waals surface area contributed by atoms with Crippen LogP contribution >= 0.6 is 0 Å². The number of rotatable bonds is 7. The molecule has 0 aromatic heterocycles. The fourth-order valence-corrected chi connectivity index (χ4v) is 1.48. The molecule has 1 nitrogen and oxygen atoms in total. The average Bonchev–Trinajstić information content (AvgIpc) is 2.79. The van der Waals surface area contributed by atoms with E-state index in [2.05, 4.69) is 19.2 Å². The molecule has 0 bridgehead atoms. The number of hydrogen-bond acceptors (Lipinski definition) is 1. The summed E-state index contributed by atoms with van der Waals surface area (Å²) in [5, 5.41) is 3.48. The smallest absolute Gasteiger partial charge is 0.00258 e. The molecule has 1 rings (SSSR count). The monoisotopic (exact) mass is 169 g/mol. The third-order valence-electron chi connectivity index (χ3n) is 2.47. The van der Waals surface area contributed by atoms with Crippen LogP contribution in [0.2, 0.25) is 0 Å². The van der Waals surface area contributed by atoms with Crippen molar-refractivity contribution < 1.29 is 0 Å². The quantitative estimate of drug-likeness (QED) is 0.578. The lowest BCUT2D eigenvalue weighted by Crippen LogP contribution is -2.20. The summed E-state index contributed by atoms with van der Waals surface area (Å²) >= 11 is 0. The Morgan fingerprint density at radius 1 is 1.25 bits per heavy atom. The molecule has 0 aromatic rings. The molecule has 0 heterocycles. The molecule has 0 spiro atoms. The van der Waals surface area contributed by atoms with Crippen LogP contribution in [-0.2, 0) is 0 Å². The zero-order valence-corrected chi connectivity index (χ0v) is 8.60. The lowest BCUT2D eigenvalue weighted by atomic mass is 10.1. The van der Waals surface area contributed by atoms with Gasteiger partial charge in [0.05, 0.1) is 0 Å². The van der Waals surface area contributed by atoms with E-state index in [1.807, 2.05) is 0 Å². The zero-order chi connectivity index (χ0) is 8.81. The summed E-state index contributed by atoms with van der Waals surface area (Å²) in [6.45, 7) is 6.93. The van der Waals surface area contributed by atoms with Crippen LogP contribution in [0.4, 0.5) is 0 Å². The summed E-state index contributed by atoms with van der Waals surface area (Å²) in [5.41, 5.74) is 0. The van der Waals surface area contributed by atoms with Crippen molar-refractivity contribution in [2.24, 2.45) is 11.8 Å². The van der Waals surface area contributed by atoms with E-state index in [1.54, 1.807) is 0 Å². The van der Waals surface area contributed by atoms with Gasteiger partial charge in [0.2, 0.25) is 0 Å². The first-order chi connectivity index (χ1) is 5.79. The SMILES string of the molecule is CC(C)CNCCCCC1CC1. The van der Waals surface area contributed by atoms with E-state index in [-0.39, 0.29) is 0 Å². The second kappa shape index (κ2) is 5.58. The van der Waals surface area contributed by atoms with Gasteiger partial charge in [0.15, 0.2) is 0 Å². The Morgan fingerprint density at radius 2 is 2.00 bits per heavy atom. The van der Waals surface area contributed by atoms with Crippen molar-refractivity contribution in [3.05, 3.63) is 0 Å². The summed E-state index contributed by atoms with van der Waals surface area (Å²) < 4.78 is 0. The summed E-state index contributed by atoms with van der Waals surface area (Å²) in [6, 6.07) is 0. The minimum Gasteiger partial charge on any atom is -0.316 e. The summed E-state index contributed by atoms with van der Waals surface area (Å²) in [5.74, 6) is 1.92. The van der Waals surface area contributed by atoms with Crippen LogP contribution in [0.1, 0.15) is 46.0 Å². The Kier molecular flexibility index (Phi) is 4.67. The normalized spacial score (nSPS) is 17.2. The Morgan fingerprint density at radius 3 is 2.58 bits per heavy atom. The summed E-state index contributed by atoms with van der Waals surface area (Å²) in [4.78, 5) is 0. The van der Waals surface area contributed by atoms with Crippen molar-refractivity contribution in [2.75, 3.05) is 13.1 Å². The van der Waals surface area contributed by atoms with Gasteiger partial charge in [-0.3, -0.25) is 0 Å². The van der Waals surface area contributed by atoms with Crippen molar-refractivity contribution in [1.82, 2.24) is 5.32 Å². The first-order valence-corrected chi connectivity index (χ1v) is 5.49. The highest BCUT2D eigenvalue weighted by Crippen LogP contribution is 2.33. The number of unbranched alkanes of at least 4 members (excludes halogenated alkanes) is 1. The molecule has 0 radical (unpaired) electrons. The first-order valence-electron chi connectivity index (χ1n) is 5.49. The van der Waals surface area contributed by atoms with Gasteiger partial charge in [-0.25, -0.2) is 0 Å². The lowest BCUT2D eigenvalue weighted by Gasteiger charge is -2.06. The van der Waals surface area contributed by atoms with Crippen LogP contribution in [0.3, 0.4) is 0 Å². The second-order valence-electron chi connectivity index (χ2n) is 4.54. The van der Waals surface area contributed by atoms with Gasteiger partial charge in [-0.05, 0) is 31.3 Å². The van der Waals surface area contributed by atoms with Crippen molar-refractivity contribution in [1.29, 1.82) is 0 Å². The highest BCUT2D eigenvalue weighted by atomic mass is 14.8. The maximum atomic E-state index is 3.48. The molecule has 0 saturated heterocycles. The minimum absolute atomic E-state index is 0.799. The zero-order valence-electron chi connectivity index (χ0n) is 8.60. The van der Waals surface area contributed by atoms with Crippen molar-refractivity contribution in [2.45, 2.75) is 46.0 Å². The molecule has 1 heteroatoms. The second-order valence-corrected chi connectivity index (χ2v) is 4.54. The van der Waals surface area contributed by atoms with E-state index in [4.69, 9.17) is 0 Å². The van der Waals surface area contributed by atoms with Gasteiger partial charge in [0, 0.05) is 0 Å². The van der Waals surface area contributed by atoms with Gasteiger partial charge in [0.25, 0.3) is 0 Å². The third-order valence-corrected chi connectivity index (χ3v) is 2.47. The van der Waals surface area contributed by atoms with Gasteiger partial charge in [-0.15, -0.1) is 0 Å². The highest BCUT2D eigenvalue weighted by Gasteiger charge is 2.19. The van der Waals surface area contributed by atoms with E-state index in [0.29, 0.717) is 0 Å². The third kappa shape index (κ3) is 5.59. The summed E-state index contributed by atoms with van der Waals surface area (Å²) in [6.07, 6.45) is 7.33. The van der Waals surface area contributed by atoms with Gasteiger partial charge in [-0.1, -0.05) is 39.5 Å². The maximum absolute atomic E-state index is 3.48. The molecular formula is C11H23N. The Bertz CT molecular complexity index is 99.6. The molecule has 1 saturated carbocycles. The summed E-state index contributed by atoms with van der Waals surface area (Å²) in [7, 11) is 0. The number of nitrogens with one attached hydrogen (secondary N) is 1. The molecule has 1 aliphatic rings. The topological polar surface area (TPSA) is 12.0 Å². The van der Waals surface area contributed by atoms with Crippen molar-refractivity contribution in [3.8, 4) is 0 Å². The minimum atomic E-state index is 0.799. The van der Waals surface area contributed by atoms with Crippen molar-refractivity contribution >= 4 is 0 Å². The highest BCUT2D eigenvalue weighted by molar-refractivity contribution is 4.72. The average molecular weight is 169 g/mol. The van der Waals surface area contributed by atoms with Crippen LogP contribution in [0, 0.1) is 11.8 Å². The molecule has 1 aliphatic carbocycles. The molecule has 0 unspecified atom stereocenters. The van der Waals surface area contributed by atoms with Gasteiger partial charge in [-0.2, -0.15) is 0 Å². The standard InChI is InChI=1S/C11H23N/c1-10(2)9-12-8-4-3-5-11-6-7-11/h10-12H,3-9H2,1-2H3. The van der Waals surface area contributed by atoms with Crippen LogP contribution in [0.5, 0.6) is 0 Å². The van der Waals surface area contributed by atoms with Crippen LogP contribution in [0.15, 0.2) is 0 Å². The molecular weight excluding hydrogens is 146 g/mol. The molecule has 0 atom stereocenters. The van der Waals surface area contributed by atoms with E-state index < -0.39 is 0 Å². The largest absolute Gasteiger partial charge is 0.316 e. The predicted octanol–water partition coefficient (Wildman–Crippen LogP) is 2.81. The van der Waals surface area contributed by atoms with Gasteiger partial charge >= 0.3 is 0 Å².